The molecule has 8 nitrogen and oxygen atoms in total. The minimum absolute atomic E-state index is 0.169. The molecule has 0 radical (unpaired) electrons. The fourth-order valence-electron chi connectivity index (χ4n) is 3.38. The van der Waals surface area contributed by atoms with E-state index in [4.69, 9.17) is 4.99 Å². The Labute approximate surface area is 175 Å². The van der Waals surface area contributed by atoms with Crippen molar-refractivity contribution >= 4 is 17.7 Å². The summed E-state index contributed by atoms with van der Waals surface area (Å²) in [7, 11) is 2.15. The number of likely N-dealkylation sites (N-methyl/N-ethyl adjacent to an activating group) is 1. The Morgan fingerprint density at radius 2 is 1.90 bits per heavy atom. The molecule has 0 aliphatic carbocycles. The summed E-state index contributed by atoms with van der Waals surface area (Å²) in [4.78, 5) is 28.1. The largest absolute Gasteiger partial charge is 0.357 e. The van der Waals surface area contributed by atoms with Crippen LogP contribution in [0.2, 0.25) is 0 Å². The zero-order chi connectivity index (χ0) is 21.1. The smallest absolute Gasteiger partial charge is 0.224 e. The minimum atomic E-state index is 0.169. The average molecular weight is 404 g/mol. The van der Waals surface area contributed by atoms with Gasteiger partial charge in [-0.25, -0.2) is 9.98 Å². The first-order chi connectivity index (χ1) is 14.1. The number of hydrogen-bond donors (Lipinski definition) is 2. The molecule has 1 fully saturated rings. The lowest BCUT2D eigenvalue weighted by molar-refractivity contribution is -0.130. The molecule has 2 N–H and O–H groups in total. The number of nitrogens with zero attached hydrogens (tertiary/aromatic N) is 5. The summed E-state index contributed by atoms with van der Waals surface area (Å²) in [5.41, 5.74) is 1.12. The number of amides is 1. The number of guanidine groups is 1. The molecule has 0 unspecified atom stereocenters. The van der Waals surface area contributed by atoms with Crippen LogP contribution >= 0.6 is 0 Å². The minimum Gasteiger partial charge on any atom is -0.357 e. The van der Waals surface area contributed by atoms with Crippen LogP contribution < -0.4 is 15.5 Å². The van der Waals surface area contributed by atoms with Crippen molar-refractivity contribution in [3.63, 3.8) is 0 Å². The summed E-state index contributed by atoms with van der Waals surface area (Å²) in [6.45, 7) is 13.5. The molecule has 0 aromatic carbocycles. The van der Waals surface area contributed by atoms with Crippen LogP contribution in [0.15, 0.2) is 23.3 Å². The van der Waals surface area contributed by atoms with Crippen molar-refractivity contribution < 1.29 is 4.79 Å². The second-order valence-corrected chi connectivity index (χ2v) is 7.21. The number of aromatic nitrogens is 1. The molecule has 2 rings (SSSR count). The lowest BCUT2D eigenvalue weighted by Gasteiger charge is -2.34. The highest BCUT2D eigenvalue weighted by Crippen LogP contribution is 2.19. The highest BCUT2D eigenvalue weighted by atomic mass is 16.2. The second kappa shape index (κ2) is 12.3. The number of carbonyl (C=O) groups is 1. The number of nitrogens with one attached hydrogen (secondary N) is 2. The van der Waals surface area contributed by atoms with Crippen LogP contribution in [0.25, 0.3) is 0 Å². The molecule has 1 aromatic rings. The van der Waals surface area contributed by atoms with Crippen molar-refractivity contribution in [3.05, 3.63) is 23.9 Å². The molecule has 162 valence electrons. The summed E-state index contributed by atoms with van der Waals surface area (Å²) in [5.74, 6) is 1.92. The van der Waals surface area contributed by atoms with Crippen LogP contribution in [-0.4, -0.2) is 86.1 Å². The Morgan fingerprint density at radius 1 is 1.17 bits per heavy atom. The van der Waals surface area contributed by atoms with Crippen LogP contribution in [0.1, 0.15) is 32.8 Å². The number of carbonyl (C=O) groups excluding carboxylic acids is 1. The third-order valence-electron chi connectivity index (χ3n) is 5.17. The van der Waals surface area contributed by atoms with E-state index >= 15 is 0 Å². The van der Waals surface area contributed by atoms with Gasteiger partial charge in [-0.1, -0.05) is 6.07 Å². The molecule has 1 amide bonds. The third kappa shape index (κ3) is 7.20. The Morgan fingerprint density at radius 3 is 2.55 bits per heavy atom. The quantitative estimate of drug-likeness (QED) is 0.476. The second-order valence-electron chi connectivity index (χ2n) is 7.21. The first-order valence-corrected chi connectivity index (χ1v) is 10.8. The van der Waals surface area contributed by atoms with Crippen molar-refractivity contribution in [1.29, 1.82) is 0 Å². The first-order valence-electron chi connectivity index (χ1n) is 10.8. The lowest BCUT2D eigenvalue weighted by atomic mass is 10.2. The Kier molecular flexibility index (Phi) is 9.70. The van der Waals surface area contributed by atoms with E-state index in [1.165, 1.54) is 0 Å². The highest BCUT2D eigenvalue weighted by molar-refractivity contribution is 5.81. The summed E-state index contributed by atoms with van der Waals surface area (Å²) in [5, 5.41) is 6.54. The van der Waals surface area contributed by atoms with Crippen molar-refractivity contribution in [1.82, 2.24) is 25.4 Å². The van der Waals surface area contributed by atoms with Crippen molar-refractivity contribution in [2.75, 3.05) is 64.3 Å². The Balaban J connectivity index is 1.97. The van der Waals surface area contributed by atoms with E-state index in [1.807, 2.05) is 37.9 Å². The van der Waals surface area contributed by atoms with E-state index in [1.54, 1.807) is 0 Å². The average Bonchev–Trinajstić information content (AvgIpc) is 2.74. The van der Waals surface area contributed by atoms with Gasteiger partial charge in [-0.2, -0.15) is 0 Å². The van der Waals surface area contributed by atoms with Crippen LogP contribution in [0, 0.1) is 0 Å². The van der Waals surface area contributed by atoms with Crippen LogP contribution in [0.5, 0.6) is 0 Å². The van der Waals surface area contributed by atoms with E-state index in [0.717, 1.165) is 63.2 Å². The van der Waals surface area contributed by atoms with Gasteiger partial charge in [0.1, 0.15) is 5.82 Å². The van der Waals surface area contributed by atoms with Gasteiger partial charge in [-0.15, -0.1) is 0 Å². The van der Waals surface area contributed by atoms with E-state index in [2.05, 4.69) is 38.5 Å². The summed E-state index contributed by atoms with van der Waals surface area (Å²) < 4.78 is 0. The van der Waals surface area contributed by atoms with Crippen LogP contribution in [0.3, 0.4) is 0 Å². The highest BCUT2D eigenvalue weighted by Gasteiger charge is 2.18. The number of pyridine rings is 1. The normalized spacial score (nSPS) is 15.3. The van der Waals surface area contributed by atoms with Gasteiger partial charge in [-0.3, -0.25) is 4.79 Å². The topological polar surface area (TPSA) is 76.1 Å². The predicted molar refractivity (Wildman–Crippen MR) is 119 cm³/mol. The zero-order valence-corrected chi connectivity index (χ0v) is 18.4. The van der Waals surface area contributed by atoms with Crippen LogP contribution in [-0.2, 0) is 11.3 Å². The molecule has 0 spiro atoms. The lowest BCUT2D eigenvalue weighted by Crippen LogP contribution is -2.45. The maximum Gasteiger partial charge on any atom is 0.224 e. The number of rotatable bonds is 9. The van der Waals surface area contributed by atoms with Crippen molar-refractivity contribution in [2.45, 2.75) is 33.7 Å². The monoisotopic (exact) mass is 403 g/mol. The van der Waals surface area contributed by atoms with Gasteiger partial charge in [0.2, 0.25) is 5.91 Å². The summed E-state index contributed by atoms with van der Waals surface area (Å²) in [6, 6.07) is 4.06. The molecule has 1 saturated heterocycles. The molecule has 0 saturated carbocycles. The van der Waals surface area contributed by atoms with Crippen molar-refractivity contribution in [3.8, 4) is 0 Å². The maximum atomic E-state index is 12.2. The standard InChI is InChI=1S/C21H37N7O/c1-5-22-21(24-12-10-19(29)27(6-2)7-3)25-17-18-9-8-11-23-20(18)28-15-13-26(4)14-16-28/h8-9,11H,5-7,10,12-17H2,1-4H3,(H2,22,24,25). The Hall–Kier alpha value is -2.35. The molecule has 2 heterocycles. The molecule has 1 aromatic heterocycles. The molecule has 1 aliphatic rings. The van der Waals surface area contributed by atoms with Gasteiger partial charge in [0, 0.05) is 70.5 Å². The summed E-state index contributed by atoms with van der Waals surface area (Å²) in [6.07, 6.45) is 2.31. The fraction of sp³-hybridized carbons (Fsp3) is 0.667. The zero-order valence-electron chi connectivity index (χ0n) is 18.4. The summed E-state index contributed by atoms with van der Waals surface area (Å²) >= 11 is 0. The molecule has 8 heteroatoms. The first kappa shape index (κ1) is 22.9. The number of hydrogen-bond acceptors (Lipinski definition) is 5. The molecule has 29 heavy (non-hydrogen) atoms. The number of aliphatic imine (C=N–C) groups is 1. The van der Waals surface area contributed by atoms with E-state index < -0.39 is 0 Å². The van der Waals surface area contributed by atoms with E-state index in [0.29, 0.717) is 19.5 Å². The third-order valence-corrected chi connectivity index (χ3v) is 5.17. The van der Waals surface area contributed by atoms with E-state index in [-0.39, 0.29) is 5.91 Å². The molecule has 1 aliphatic heterocycles. The predicted octanol–water partition coefficient (Wildman–Crippen LogP) is 1.15. The number of anilines is 1. The van der Waals surface area contributed by atoms with E-state index in [9.17, 15) is 4.79 Å². The molecular weight excluding hydrogens is 366 g/mol. The number of piperazine rings is 1. The van der Waals surface area contributed by atoms with Gasteiger partial charge >= 0.3 is 0 Å². The van der Waals surface area contributed by atoms with Crippen molar-refractivity contribution in [2.24, 2.45) is 4.99 Å². The van der Waals surface area contributed by atoms with Gasteiger partial charge < -0.3 is 25.3 Å². The molecule has 0 atom stereocenters. The van der Waals surface area contributed by atoms with Gasteiger partial charge in [0.15, 0.2) is 5.96 Å². The van der Waals surface area contributed by atoms with Gasteiger partial charge in [0.05, 0.1) is 6.54 Å². The van der Waals surface area contributed by atoms with Gasteiger partial charge in [-0.05, 0) is 33.9 Å². The Bertz CT molecular complexity index is 652. The SMILES string of the molecule is CCNC(=NCc1cccnc1N1CCN(C)CC1)NCCC(=O)N(CC)CC. The molecule has 0 bridgehead atoms. The van der Waals surface area contributed by atoms with Gasteiger partial charge in [0.25, 0.3) is 0 Å². The maximum absolute atomic E-state index is 12.2. The van der Waals surface area contributed by atoms with Crippen LogP contribution in [0.4, 0.5) is 5.82 Å². The fourth-order valence-corrected chi connectivity index (χ4v) is 3.38. The molecular formula is C21H37N7O.